The van der Waals surface area contributed by atoms with Gasteiger partial charge in [-0.25, -0.2) is 0 Å². The van der Waals surface area contributed by atoms with Crippen molar-refractivity contribution in [2.24, 2.45) is 5.92 Å². The Morgan fingerprint density at radius 3 is 2.92 bits per heavy atom. The average Bonchev–Trinajstić information content (AvgIpc) is 2.45. The SMILES string of the molecule is C#CCNC1(C(=O)O)CCC(C)C1. The lowest BCUT2D eigenvalue weighted by Gasteiger charge is -2.24. The van der Waals surface area contributed by atoms with Crippen molar-refractivity contribution in [2.75, 3.05) is 6.54 Å². The summed E-state index contributed by atoms with van der Waals surface area (Å²) in [6, 6.07) is 0. The first-order valence-electron chi connectivity index (χ1n) is 4.52. The van der Waals surface area contributed by atoms with E-state index in [9.17, 15) is 4.79 Å². The molecule has 13 heavy (non-hydrogen) atoms. The van der Waals surface area contributed by atoms with Gasteiger partial charge in [-0.05, 0) is 25.2 Å². The molecule has 1 aliphatic carbocycles. The highest BCUT2D eigenvalue weighted by atomic mass is 16.4. The van der Waals surface area contributed by atoms with Crippen molar-refractivity contribution >= 4 is 5.97 Å². The molecule has 3 heteroatoms. The van der Waals surface area contributed by atoms with Crippen LogP contribution in [0.5, 0.6) is 0 Å². The van der Waals surface area contributed by atoms with Gasteiger partial charge in [-0.15, -0.1) is 6.42 Å². The van der Waals surface area contributed by atoms with E-state index in [0.717, 1.165) is 6.42 Å². The van der Waals surface area contributed by atoms with Crippen LogP contribution in [0.25, 0.3) is 0 Å². The van der Waals surface area contributed by atoms with Gasteiger partial charge in [0.2, 0.25) is 0 Å². The third-order valence-electron chi connectivity index (χ3n) is 2.70. The molecule has 0 saturated heterocycles. The lowest BCUT2D eigenvalue weighted by molar-refractivity contribution is -0.144. The molecule has 0 radical (unpaired) electrons. The third-order valence-corrected chi connectivity index (χ3v) is 2.70. The predicted octanol–water partition coefficient (Wildman–Crippen LogP) is 0.853. The molecule has 0 aliphatic heterocycles. The van der Waals surface area contributed by atoms with Gasteiger partial charge in [-0.2, -0.15) is 0 Å². The van der Waals surface area contributed by atoms with Gasteiger partial charge in [0, 0.05) is 0 Å². The first-order chi connectivity index (χ1) is 6.10. The Labute approximate surface area is 78.5 Å². The summed E-state index contributed by atoms with van der Waals surface area (Å²) >= 11 is 0. The van der Waals surface area contributed by atoms with Crippen LogP contribution in [0.15, 0.2) is 0 Å². The minimum absolute atomic E-state index is 0.332. The van der Waals surface area contributed by atoms with Crippen LogP contribution in [-0.2, 0) is 4.79 Å². The van der Waals surface area contributed by atoms with E-state index in [-0.39, 0.29) is 0 Å². The summed E-state index contributed by atoms with van der Waals surface area (Å²) in [6.45, 7) is 2.40. The molecule has 2 unspecified atom stereocenters. The smallest absolute Gasteiger partial charge is 0.323 e. The maximum Gasteiger partial charge on any atom is 0.323 e. The van der Waals surface area contributed by atoms with E-state index in [1.807, 2.05) is 0 Å². The quantitative estimate of drug-likeness (QED) is 0.635. The van der Waals surface area contributed by atoms with Gasteiger partial charge < -0.3 is 5.11 Å². The summed E-state index contributed by atoms with van der Waals surface area (Å²) in [6.07, 6.45) is 7.43. The van der Waals surface area contributed by atoms with E-state index < -0.39 is 11.5 Å². The Hall–Kier alpha value is -1.01. The second-order valence-corrected chi connectivity index (χ2v) is 3.79. The molecular weight excluding hydrogens is 166 g/mol. The molecule has 0 aromatic carbocycles. The Morgan fingerprint density at radius 1 is 1.85 bits per heavy atom. The zero-order chi connectivity index (χ0) is 9.90. The van der Waals surface area contributed by atoms with E-state index in [1.54, 1.807) is 0 Å². The van der Waals surface area contributed by atoms with E-state index in [2.05, 4.69) is 18.2 Å². The molecule has 0 bridgehead atoms. The summed E-state index contributed by atoms with van der Waals surface area (Å²) in [5.74, 6) is 2.12. The number of terminal acetylenes is 1. The molecule has 1 aliphatic rings. The van der Waals surface area contributed by atoms with Crippen molar-refractivity contribution in [3.05, 3.63) is 0 Å². The lowest BCUT2D eigenvalue weighted by atomic mass is 9.96. The van der Waals surface area contributed by atoms with Gasteiger partial charge in [-0.3, -0.25) is 10.1 Å². The van der Waals surface area contributed by atoms with Crippen molar-refractivity contribution in [2.45, 2.75) is 31.7 Å². The average molecular weight is 181 g/mol. The second kappa shape index (κ2) is 3.80. The first-order valence-corrected chi connectivity index (χ1v) is 4.52. The zero-order valence-electron chi connectivity index (χ0n) is 7.84. The largest absolute Gasteiger partial charge is 0.480 e. The predicted molar refractivity (Wildman–Crippen MR) is 50.2 cm³/mol. The standard InChI is InChI=1S/C10H15NO2/c1-3-6-11-10(9(12)13)5-4-8(2)7-10/h1,8,11H,4-7H2,2H3,(H,12,13). The maximum absolute atomic E-state index is 11.0. The summed E-state index contributed by atoms with van der Waals surface area (Å²) < 4.78 is 0. The van der Waals surface area contributed by atoms with Crippen LogP contribution in [-0.4, -0.2) is 23.2 Å². The van der Waals surface area contributed by atoms with Crippen LogP contribution >= 0.6 is 0 Å². The summed E-state index contributed by atoms with van der Waals surface area (Å²) in [4.78, 5) is 11.0. The highest BCUT2D eigenvalue weighted by Gasteiger charge is 2.43. The molecule has 1 saturated carbocycles. The molecule has 2 atom stereocenters. The number of hydrogen-bond acceptors (Lipinski definition) is 2. The first kappa shape index (κ1) is 10.1. The summed E-state index contributed by atoms with van der Waals surface area (Å²) in [5.41, 5.74) is -0.758. The molecule has 0 heterocycles. The molecule has 1 rings (SSSR count). The van der Waals surface area contributed by atoms with Crippen molar-refractivity contribution in [3.63, 3.8) is 0 Å². The number of nitrogens with one attached hydrogen (secondary N) is 1. The summed E-state index contributed by atoms with van der Waals surface area (Å²) in [5, 5.41) is 12.0. The zero-order valence-corrected chi connectivity index (χ0v) is 7.84. The van der Waals surface area contributed by atoms with Crippen LogP contribution in [0.4, 0.5) is 0 Å². The normalized spacial score (nSPS) is 32.8. The Kier molecular flexibility index (Phi) is 2.94. The fraction of sp³-hybridized carbons (Fsp3) is 0.700. The molecule has 0 aromatic heterocycles. The van der Waals surface area contributed by atoms with Crippen molar-refractivity contribution in [3.8, 4) is 12.3 Å². The van der Waals surface area contributed by atoms with Crippen LogP contribution in [0.3, 0.4) is 0 Å². The molecule has 0 aromatic rings. The lowest BCUT2D eigenvalue weighted by Crippen LogP contribution is -2.50. The number of aliphatic carboxylic acids is 1. The fourth-order valence-corrected chi connectivity index (χ4v) is 1.94. The Morgan fingerprint density at radius 2 is 2.54 bits per heavy atom. The molecule has 0 spiro atoms. The highest BCUT2D eigenvalue weighted by molar-refractivity contribution is 5.79. The van der Waals surface area contributed by atoms with Gasteiger partial charge in [0.05, 0.1) is 6.54 Å². The minimum Gasteiger partial charge on any atom is -0.480 e. The van der Waals surface area contributed by atoms with E-state index in [4.69, 9.17) is 11.5 Å². The van der Waals surface area contributed by atoms with Crippen molar-refractivity contribution in [1.29, 1.82) is 0 Å². The number of carboxylic acids is 1. The molecular formula is C10H15NO2. The van der Waals surface area contributed by atoms with Crippen molar-refractivity contribution in [1.82, 2.24) is 5.32 Å². The molecule has 1 fully saturated rings. The van der Waals surface area contributed by atoms with Gasteiger partial charge in [-0.1, -0.05) is 12.8 Å². The molecule has 0 amide bonds. The van der Waals surface area contributed by atoms with Gasteiger partial charge in [0.25, 0.3) is 0 Å². The molecule has 3 nitrogen and oxygen atoms in total. The van der Waals surface area contributed by atoms with Crippen LogP contribution in [0.2, 0.25) is 0 Å². The maximum atomic E-state index is 11.0. The monoisotopic (exact) mass is 181 g/mol. The van der Waals surface area contributed by atoms with Crippen LogP contribution in [0.1, 0.15) is 26.2 Å². The minimum atomic E-state index is -0.771. The number of hydrogen-bond donors (Lipinski definition) is 2. The van der Waals surface area contributed by atoms with E-state index in [0.29, 0.717) is 25.3 Å². The summed E-state index contributed by atoms with van der Waals surface area (Å²) in [7, 11) is 0. The fourth-order valence-electron chi connectivity index (χ4n) is 1.94. The van der Waals surface area contributed by atoms with Gasteiger partial charge in [0.1, 0.15) is 5.54 Å². The molecule has 72 valence electrons. The number of rotatable bonds is 3. The van der Waals surface area contributed by atoms with Crippen LogP contribution < -0.4 is 5.32 Å². The van der Waals surface area contributed by atoms with Gasteiger partial charge in [0.15, 0.2) is 0 Å². The Bertz CT molecular complexity index is 244. The van der Waals surface area contributed by atoms with Gasteiger partial charge >= 0.3 is 5.97 Å². The Balaban J connectivity index is 2.66. The number of carbonyl (C=O) groups is 1. The highest BCUT2D eigenvalue weighted by Crippen LogP contribution is 2.34. The third kappa shape index (κ3) is 2.02. The molecule has 2 N–H and O–H groups in total. The number of carboxylic acid groups (broad SMARTS) is 1. The second-order valence-electron chi connectivity index (χ2n) is 3.79. The van der Waals surface area contributed by atoms with Crippen molar-refractivity contribution < 1.29 is 9.90 Å². The van der Waals surface area contributed by atoms with Crippen LogP contribution in [0, 0.1) is 18.3 Å². The van der Waals surface area contributed by atoms with E-state index >= 15 is 0 Å². The topological polar surface area (TPSA) is 49.3 Å². The van der Waals surface area contributed by atoms with E-state index in [1.165, 1.54) is 0 Å².